The van der Waals surface area contributed by atoms with E-state index >= 15 is 0 Å². The Hall–Kier alpha value is 1.19. The van der Waals surface area contributed by atoms with Gasteiger partial charge in [-0.3, -0.25) is 0 Å². The van der Waals surface area contributed by atoms with Gasteiger partial charge >= 0.3 is 2.38 Å². The van der Waals surface area contributed by atoms with Gasteiger partial charge in [-0.2, -0.15) is 0 Å². The van der Waals surface area contributed by atoms with E-state index in [2.05, 4.69) is 55.7 Å². The smallest absolute Gasteiger partial charge is 0.133 e. The molecule has 0 radical (unpaired) electrons. The molecular weight excluding hydrogens is 389 g/mol. The van der Waals surface area contributed by atoms with E-state index in [1.54, 1.807) is 0 Å². The second-order valence-electron chi connectivity index (χ2n) is 1.86. The van der Waals surface area contributed by atoms with E-state index in [0.717, 1.165) is 0 Å². The summed E-state index contributed by atoms with van der Waals surface area (Å²) >= 11 is 10.8. The quantitative estimate of drug-likeness (QED) is 0.390. The van der Waals surface area contributed by atoms with Crippen LogP contribution in [0.25, 0.3) is 0 Å². The minimum atomic E-state index is -1.62. The maximum Gasteiger partial charge on any atom is 0.313 e. The van der Waals surface area contributed by atoms with Crippen LogP contribution in [-0.4, -0.2) is 2.38 Å². The first-order chi connectivity index (χ1) is 4.61. The molecule has 0 N–H and O–H groups in total. The van der Waals surface area contributed by atoms with Crippen molar-refractivity contribution in [2.75, 3.05) is 0 Å². The molecular formula is C6H5ClI2Si. The van der Waals surface area contributed by atoms with Crippen LogP contribution in [0.5, 0.6) is 0 Å². The molecule has 0 aliphatic rings. The van der Waals surface area contributed by atoms with Gasteiger partial charge in [0.2, 0.25) is 0 Å². The maximum absolute atomic E-state index is 6.17. The van der Waals surface area contributed by atoms with Crippen LogP contribution in [0.4, 0.5) is 0 Å². The van der Waals surface area contributed by atoms with Gasteiger partial charge < -0.3 is 0 Å². The molecule has 0 fully saturated rings. The van der Waals surface area contributed by atoms with Gasteiger partial charge in [-0.05, 0) is 5.19 Å². The highest BCUT2D eigenvalue weighted by molar-refractivity contribution is 14.3. The summed E-state index contributed by atoms with van der Waals surface area (Å²) in [4.78, 5) is 0. The van der Waals surface area contributed by atoms with Crippen molar-refractivity contribution in [3.8, 4) is 0 Å². The summed E-state index contributed by atoms with van der Waals surface area (Å²) in [6, 6.07) is 10.2. The third kappa shape index (κ3) is 2.67. The molecule has 0 saturated carbocycles. The van der Waals surface area contributed by atoms with E-state index in [-0.39, 0.29) is 0 Å². The van der Waals surface area contributed by atoms with Crippen molar-refractivity contribution in [3.05, 3.63) is 30.3 Å². The Morgan fingerprint density at radius 1 is 1.10 bits per heavy atom. The van der Waals surface area contributed by atoms with Crippen LogP contribution in [0.3, 0.4) is 0 Å². The van der Waals surface area contributed by atoms with Crippen LogP contribution < -0.4 is 5.19 Å². The topological polar surface area (TPSA) is 0 Å². The molecule has 0 aliphatic carbocycles. The summed E-state index contributed by atoms with van der Waals surface area (Å²) in [5.74, 6) is 0. The molecule has 10 heavy (non-hydrogen) atoms. The molecule has 0 bridgehead atoms. The summed E-state index contributed by atoms with van der Waals surface area (Å²) in [5, 5.41) is 1.28. The van der Waals surface area contributed by atoms with Gasteiger partial charge in [0, 0.05) is 0 Å². The molecule has 54 valence electrons. The van der Waals surface area contributed by atoms with Crippen LogP contribution in [0.2, 0.25) is 0 Å². The second-order valence-corrected chi connectivity index (χ2v) is 24.9. The predicted molar refractivity (Wildman–Crippen MR) is 65.7 cm³/mol. The van der Waals surface area contributed by atoms with Crippen molar-refractivity contribution in [2.24, 2.45) is 0 Å². The lowest BCUT2D eigenvalue weighted by molar-refractivity contribution is 1.77. The summed E-state index contributed by atoms with van der Waals surface area (Å²) < 4.78 is -1.62. The normalized spacial score (nSPS) is 11.5. The van der Waals surface area contributed by atoms with Gasteiger partial charge in [0.15, 0.2) is 0 Å². The molecule has 0 atom stereocenters. The zero-order chi connectivity index (χ0) is 7.61. The minimum Gasteiger partial charge on any atom is -0.133 e. The van der Waals surface area contributed by atoms with Crippen LogP contribution in [0.1, 0.15) is 0 Å². The number of benzene rings is 1. The SMILES string of the molecule is Cl[Si](I)(I)c1ccccc1. The highest BCUT2D eigenvalue weighted by atomic mass is 127. The zero-order valence-electron chi connectivity index (χ0n) is 5.02. The van der Waals surface area contributed by atoms with E-state index in [1.165, 1.54) is 5.19 Å². The lowest BCUT2D eigenvalue weighted by Crippen LogP contribution is -2.27. The van der Waals surface area contributed by atoms with Crippen LogP contribution in [-0.2, 0) is 0 Å². The van der Waals surface area contributed by atoms with E-state index in [4.69, 9.17) is 11.1 Å². The van der Waals surface area contributed by atoms with Gasteiger partial charge in [-0.1, -0.05) is 73.9 Å². The predicted octanol–water partition coefficient (Wildman–Crippen LogP) is 2.94. The van der Waals surface area contributed by atoms with Crippen molar-refractivity contribution in [2.45, 2.75) is 0 Å². The summed E-state index contributed by atoms with van der Waals surface area (Å²) in [6.07, 6.45) is 0. The summed E-state index contributed by atoms with van der Waals surface area (Å²) in [7, 11) is 0. The van der Waals surface area contributed by atoms with E-state index in [9.17, 15) is 0 Å². The van der Waals surface area contributed by atoms with Gasteiger partial charge in [0.25, 0.3) is 0 Å². The molecule has 0 unspecified atom stereocenters. The molecule has 1 aromatic carbocycles. The fraction of sp³-hybridized carbons (Fsp3) is 0. The molecule has 0 aromatic heterocycles. The highest BCUT2D eigenvalue weighted by Gasteiger charge is 2.24. The van der Waals surface area contributed by atoms with Crippen molar-refractivity contribution in [1.82, 2.24) is 0 Å². The van der Waals surface area contributed by atoms with Crippen molar-refractivity contribution >= 4 is 62.2 Å². The summed E-state index contributed by atoms with van der Waals surface area (Å²) in [5.41, 5.74) is 0. The maximum atomic E-state index is 6.17. The van der Waals surface area contributed by atoms with Gasteiger partial charge in [-0.25, -0.2) is 0 Å². The third-order valence-electron chi connectivity index (χ3n) is 1.10. The fourth-order valence-corrected chi connectivity index (χ4v) is 3.73. The standard InChI is InChI=1S/C6H5ClI2Si/c7-10(8,9)6-4-2-1-3-5-6/h1-5H. The van der Waals surface area contributed by atoms with Crippen molar-refractivity contribution in [1.29, 1.82) is 0 Å². The average molecular weight is 394 g/mol. The van der Waals surface area contributed by atoms with Crippen LogP contribution in [0.15, 0.2) is 30.3 Å². The first-order valence-electron chi connectivity index (χ1n) is 2.73. The zero-order valence-corrected chi connectivity index (χ0v) is 11.1. The number of hydrogen-bond acceptors (Lipinski definition) is 0. The molecule has 0 heterocycles. The molecule has 0 spiro atoms. The lowest BCUT2D eigenvalue weighted by Gasteiger charge is -2.07. The highest BCUT2D eigenvalue weighted by Crippen LogP contribution is 2.25. The Bertz CT molecular complexity index is 207. The molecule has 1 aromatic rings. The average Bonchev–Trinajstić information content (AvgIpc) is 1.88. The molecule has 0 nitrogen and oxygen atoms in total. The Morgan fingerprint density at radius 3 is 1.90 bits per heavy atom. The van der Waals surface area contributed by atoms with Gasteiger partial charge in [-0.15, -0.1) is 11.1 Å². The first-order valence-corrected chi connectivity index (χ1v) is 12.0. The minimum absolute atomic E-state index is 1.28. The Balaban J connectivity index is 2.97. The van der Waals surface area contributed by atoms with Crippen LogP contribution in [0, 0.1) is 0 Å². The number of hydrogen-bond donors (Lipinski definition) is 0. The van der Waals surface area contributed by atoms with Crippen LogP contribution >= 0.6 is 54.7 Å². The third-order valence-corrected chi connectivity index (χ3v) is 6.48. The monoisotopic (exact) mass is 394 g/mol. The van der Waals surface area contributed by atoms with E-state index in [0.29, 0.717) is 0 Å². The largest absolute Gasteiger partial charge is 0.313 e. The van der Waals surface area contributed by atoms with Crippen molar-refractivity contribution < 1.29 is 0 Å². The molecule has 0 amide bonds. The Kier molecular flexibility index (Phi) is 3.46. The number of rotatable bonds is 1. The molecule has 1 rings (SSSR count). The molecule has 0 saturated heterocycles. The van der Waals surface area contributed by atoms with E-state index in [1.807, 2.05) is 18.2 Å². The van der Waals surface area contributed by atoms with Gasteiger partial charge in [0.1, 0.15) is 0 Å². The molecule has 4 heteroatoms. The molecule has 0 aliphatic heterocycles. The van der Waals surface area contributed by atoms with Crippen molar-refractivity contribution in [3.63, 3.8) is 0 Å². The summed E-state index contributed by atoms with van der Waals surface area (Å²) in [6.45, 7) is 0. The fourth-order valence-electron chi connectivity index (χ4n) is 0.627. The van der Waals surface area contributed by atoms with Gasteiger partial charge in [0.05, 0.1) is 0 Å². The lowest BCUT2D eigenvalue weighted by atomic mass is 10.4. The second kappa shape index (κ2) is 3.73. The van der Waals surface area contributed by atoms with E-state index < -0.39 is 2.38 Å². The first kappa shape index (κ1) is 9.28. The Morgan fingerprint density at radius 2 is 1.60 bits per heavy atom. The Labute approximate surface area is 91.5 Å². The number of halogens is 3.